The second-order valence-electron chi connectivity index (χ2n) is 6.96. The van der Waals surface area contributed by atoms with Gasteiger partial charge in [-0.2, -0.15) is 0 Å². The highest BCUT2D eigenvalue weighted by molar-refractivity contribution is 5.93. The molecule has 0 N–H and O–H groups in total. The Hall–Kier alpha value is -2.94. The number of ether oxygens (including phenoxy) is 1. The molecule has 1 aliphatic carbocycles. The van der Waals surface area contributed by atoms with Gasteiger partial charge in [0.05, 0.1) is 0 Å². The van der Waals surface area contributed by atoms with E-state index < -0.39 is 0 Å². The monoisotopic (exact) mass is 340 g/mol. The molecule has 2 aliphatic rings. The van der Waals surface area contributed by atoms with Crippen molar-refractivity contribution in [2.75, 3.05) is 0 Å². The van der Waals surface area contributed by atoms with Crippen LogP contribution in [0.15, 0.2) is 83.9 Å². The van der Waals surface area contributed by atoms with E-state index >= 15 is 0 Å². The molecular weight excluding hydrogens is 320 g/mol. The molecule has 0 amide bonds. The van der Waals surface area contributed by atoms with Crippen LogP contribution < -0.4 is 0 Å². The summed E-state index contributed by atoms with van der Waals surface area (Å²) in [6.45, 7) is 0. The zero-order chi connectivity index (χ0) is 17.3. The minimum absolute atomic E-state index is 0.0556. The van der Waals surface area contributed by atoms with Crippen LogP contribution in [0.1, 0.15) is 53.4 Å². The molecule has 0 bridgehead atoms. The number of rotatable bonds is 4. The summed E-state index contributed by atoms with van der Waals surface area (Å²) in [5.41, 5.74) is 4.30. The predicted octanol–water partition coefficient (Wildman–Crippen LogP) is 5.22. The highest BCUT2D eigenvalue weighted by Crippen LogP contribution is 2.42. The molecule has 2 atom stereocenters. The van der Waals surface area contributed by atoms with Crippen LogP contribution in [-0.2, 0) is 4.74 Å². The molecule has 128 valence electrons. The average molecular weight is 340 g/mol. The number of hydrogen-bond donors (Lipinski definition) is 0. The van der Waals surface area contributed by atoms with Crippen LogP contribution in [-0.4, -0.2) is 10.9 Å². The van der Waals surface area contributed by atoms with Gasteiger partial charge in [0.25, 0.3) is 0 Å². The quantitative estimate of drug-likeness (QED) is 0.653. The highest BCUT2D eigenvalue weighted by Gasteiger charge is 2.35. The number of pyridine rings is 1. The first-order valence-corrected chi connectivity index (χ1v) is 9.20. The van der Waals surface area contributed by atoms with Gasteiger partial charge in [0.2, 0.25) is 5.90 Å². The molecule has 1 aliphatic heterocycles. The lowest BCUT2D eigenvalue weighted by Gasteiger charge is -2.18. The van der Waals surface area contributed by atoms with Gasteiger partial charge in [-0.05, 0) is 36.1 Å². The molecule has 2 aromatic carbocycles. The first kappa shape index (κ1) is 15.3. The molecule has 3 nitrogen and oxygen atoms in total. The fourth-order valence-electron chi connectivity index (χ4n) is 3.51. The smallest absolute Gasteiger partial charge is 0.236 e. The van der Waals surface area contributed by atoms with Gasteiger partial charge in [0.15, 0.2) is 6.10 Å². The number of aromatic nitrogens is 1. The van der Waals surface area contributed by atoms with Gasteiger partial charge in [-0.25, -0.2) is 9.98 Å². The Morgan fingerprint density at radius 1 is 0.731 bits per heavy atom. The normalized spacial score (nSPS) is 21.9. The summed E-state index contributed by atoms with van der Waals surface area (Å²) >= 11 is 0. The molecule has 0 radical (unpaired) electrons. The number of hydrogen-bond acceptors (Lipinski definition) is 3. The zero-order valence-corrected chi connectivity index (χ0v) is 14.5. The van der Waals surface area contributed by atoms with E-state index in [0.717, 1.165) is 22.5 Å². The van der Waals surface area contributed by atoms with Crippen molar-refractivity contribution >= 4 is 5.90 Å². The first-order chi connectivity index (χ1) is 12.9. The summed E-state index contributed by atoms with van der Waals surface area (Å²) in [7, 11) is 0. The standard InChI is InChI=1S/C23H20N2O/c1-3-8-17(9-4-1)21-22(18-10-5-2-6-11-18)26-23(25-21)20-13-7-12-19(24-20)16-14-15-16/h1-13,16,21-22H,14-15H2/t21-,22-/m0/s1. The molecule has 0 saturated heterocycles. The summed E-state index contributed by atoms with van der Waals surface area (Å²) in [5.74, 6) is 1.27. The van der Waals surface area contributed by atoms with Crippen LogP contribution in [0.2, 0.25) is 0 Å². The van der Waals surface area contributed by atoms with E-state index in [2.05, 4.69) is 48.5 Å². The minimum atomic E-state index is -0.125. The summed E-state index contributed by atoms with van der Waals surface area (Å²) in [6, 6.07) is 26.8. The Morgan fingerprint density at radius 3 is 2.12 bits per heavy atom. The van der Waals surface area contributed by atoms with Crippen LogP contribution in [0.4, 0.5) is 0 Å². The van der Waals surface area contributed by atoms with Crippen molar-refractivity contribution in [3.63, 3.8) is 0 Å². The van der Waals surface area contributed by atoms with Gasteiger partial charge in [-0.1, -0.05) is 66.7 Å². The number of nitrogens with zero attached hydrogens (tertiary/aromatic N) is 2. The molecule has 1 saturated carbocycles. The van der Waals surface area contributed by atoms with E-state index in [-0.39, 0.29) is 12.1 Å². The Morgan fingerprint density at radius 2 is 1.42 bits per heavy atom. The minimum Gasteiger partial charge on any atom is -0.465 e. The highest BCUT2D eigenvalue weighted by atomic mass is 16.5. The maximum absolute atomic E-state index is 6.34. The van der Waals surface area contributed by atoms with Crippen LogP contribution in [0, 0.1) is 0 Å². The van der Waals surface area contributed by atoms with E-state index in [1.165, 1.54) is 12.8 Å². The predicted molar refractivity (Wildman–Crippen MR) is 102 cm³/mol. The van der Waals surface area contributed by atoms with Crippen molar-refractivity contribution in [1.29, 1.82) is 0 Å². The molecule has 3 heteroatoms. The van der Waals surface area contributed by atoms with Crippen LogP contribution >= 0.6 is 0 Å². The number of benzene rings is 2. The van der Waals surface area contributed by atoms with Gasteiger partial charge in [0, 0.05) is 11.6 Å². The van der Waals surface area contributed by atoms with Crippen molar-refractivity contribution < 1.29 is 4.74 Å². The first-order valence-electron chi connectivity index (χ1n) is 9.20. The van der Waals surface area contributed by atoms with E-state index in [1.807, 2.05) is 30.3 Å². The summed E-state index contributed by atoms with van der Waals surface area (Å²) in [6.07, 6.45) is 2.35. The fourth-order valence-corrected chi connectivity index (χ4v) is 3.51. The second kappa shape index (κ2) is 6.41. The number of aliphatic imine (C=N–C) groups is 1. The maximum Gasteiger partial charge on any atom is 0.236 e. The third-order valence-electron chi connectivity index (χ3n) is 5.04. The Kier molecular flexibility index (Phi) is 3.78. The molecule has 0 spiro atoms. The Bertz CT molecular complexity index is 933. The third-order valence-corrected chi connectivity index (χ3v) is 5.04. The van der Waals surface area contributed by atoms with Crippen molar-refractivity contribution in [3.8, 4) is 0 Å². The van der Waals surface area contributed by atoms with Gasteiger partial charge >= 0.3 is 0 Å². The van der Waals surface area contributed by atoms with E-state index in [9.17, 15) is 0 Å². The second-order valence-corrected chi connectivity index (χ2v) is 6.96. The lowest BCUT2D eigenvalue weighted by molar-refractivity contribution is 0.196. The maximum atomic E-state index is 6.34. The van der Waals surface area contributed by atoms with Crippen molar-refractivity contribution in [2.45, 2.75) is 30.9 Å². The lowest BCUT2D eigenvalue weighted by atomic mass is 9.97. The summed E-state index contributed by atoms with van der Waals surface area (Å²) in [5, 5.41) is 0. The fraction of sp³-hybridized carbons (Fsp3) is 0.217. The van der Waals surface area contributed by atoms with Gasteiger partial charge in [-0.15, -0.1) is 0 Å². The summed E-state index contributed by atoms with van der Waals surface area (Å²) < 4.78 is 6.34. The van der Waals surface area contributed by atoms with Crippen LogP contribution in [0.3, 0.4) is 0 Å². The van der Waals surface area contributed by atoms with Crippen molar-refractivity contribution in [3.05, 3.63) is 101 Å². The van der Waals surface area contributed by atoms with Crippen LogP contribution in [0.25, 0.3) is 0 Å². The molecular formula is C23H20N2O. The topological polar surface area (TPSA) is 34.5 Å². The molecule has 1 aromatic heterocycles. The Balaban J connectivity index is 1.53. The van der Waals surface area contributed by atoms with Crippen LogP contribution in [0.5, 0.6) is 0 Å². The van der Waals surface area contributed by atoms with Gasteiger partial charge in [0.1, 0.15) is 11.7 Å². The van der Waals surface area contributed by atoms with E-state index in [0.29, 0.717) is 11.8 Å². The average Bonchev–Trinajstić information content (AvgIpc) is 3.48. The summed E-state index contributed by atoms with van der Waals surface area (Å²) in [4.78, 5) is 9.76. The van der Waals surface area contributed by atoms with Crippen molar-refractivity contribution in [2.24, 2.45) is 4.99 Å². The molecule has 3 aromatic rings. The third kappa shape index (κ3) is 2.90. The molecule has 5 rings (SSSR count). The zero-order valence-electron chi connectivity index (χ0n) is 14.5. The van der Waals surface area contributed by atoms with Gasteiger partial charge in [-0.3, -0.25) is 0 Å². The van der Waals surface area contributed by atoms with Crippen molar-refractivity contribution in [1.82, 2.24) is 4.98 Å². The molecule has 1 fully saturated rings. The molecule has 0 unspecified atom stereocenters. The SMILES string of the molecule is c1ccc([C@@H]2N=C(c3cccc(C4CC4)n3)O[C@H]2c2ccccc2)cc1. The largest absolute Gasteiger partial charge is 0.465 e. The van der Waals surface area contributed by atoms with E-state index in [4.69, 9.17) is 14.7 Å². The van der Waals surface area contributed by atoms with Gasteiger partial charge < -0.3 is 4.74 Å². The molecule has 2 heterocycles. The molecule has 26 heavy (non-hydrogen) atoms. The van der Waals surface area contributed by atoms with E-state index in [1.54, 1.807) is 0 Å². The Labute approximate surface area is 153 Å². The lowest BCUT2D eigenvalue weighted by Crippen LogP contribution is -2.10.